The molecule has 0 spiro atoms. The lowest BCUT2D eigenvalue weighted by atomic mass is 9.98. The first-order chi connectivity index (χ1) is 13.8. The molecular formula is C22H27IN2O3S. The molecule has 1 unspecified atom stereocenters. The van der Waals surface area contributed by atoms with Gasteiger partial charge >= 0.3 is 0 Å². The van der Waals surface area contributed by atoms with Crippen LogP contribution in [-0.4, -0.2) is 37.5 Å². The number of benzene rings is 2. The van der Waals surface area contributed by atoms with Gasteiger partial charge in [0.25, 0.3) is 0 Å². The number of rotatable bonds is 7. The molecule has 1 heterocycles. The van der Waals surface area contributed by atoms with Gasteiger partial charge in [-0.05, 0) is 84.5 Å². The lowest BCUT2D eigenvalue weighted by molar-refractivity contribution is -0.120. The molecule has 2 aromatic rings. The predicted molar refractivity (Wildman–Crippen MR) is 125 cm³/mol. The first-order valence-corrected chi connectivity index (χ1v) is 12.6. The van der Waals surface area contributed by atoms with E-state index in [-0.39, 0.29) is 24.1 Å². The van der Waals surface area contributed by atoms with Crippen LogP contribution in [0.3, 0.4) is 0 Å². The summed E-state index contributed by atoms with van der Waals surface area (Å²) in [5.41, 5.74) is 2.94. The number of hydrogen-bond acceptors (Lipinski definition) is 3. The number of sulfonamides is 1. The summed E-state index contributed by atoms with van der Waals surface area (Å²) >= 11 is 2.24. The van der Waals surface area contributed by atoms with Crippen LogP contribution in [-0.2, 0) is 21.2 Å². The molecule has 0 radical (unpaired) electrons. The van der Waals surface area contributed by atoms with Gasteiger partial charge in [-0.1, -0.05) is 30.3 Å². The Bertz CT molecular complexity index is 948. The van der Waals surface area contributed by atoms with Gasteiger partial charge < -0.3 is 5.32 Å². The smallest absolute Gasteiger partial charge is 0.228 e. The highest BCUT2D eigenvalue weighted by Crippen LogP contribution is 2.23. The zero-order valence-corrected chi connectivity index (χ0v) is 19.6. The van der Waals surface area contributed by atoms with E-state index in [1.807, 2.05) is 55.5 Å². The Kier molecular flexibility index (Phi) is 7.70. The third kappa shape index (κ3) is 6.26. The lowest BCUT2D eigenvalue weighted by Crippen LogP contribution is -2.44. The molecule has 1 atom stereocenters. The zero-order valence-electron chi connectivity index (χ0n) is 16.6. The van der Waals surface area contributed by atoms with Crippen molar-refractivity contribution in [1.29, 1.82) is 0 Å². The fraction of sp³-hybridized carbons (Fsp3) is 0.409. The van der Waals surface area contributed by atoms with Crippen LogP contribution in [0.1, 0.15) is 30.4 Å². The summed E-state index contributed by atoms with van der Waals surface area (Å²) in [5.74, 6) is -0.295. The molecule has 7 heteroatoms. The van der Waals surface area contributed by atoms with Gasteiger partial charge in [0, 0.05) is 22.3 Å². The van der Waals surface area contributed by atoms with Crippen molar-refractivity contribution in [2.45, 2.75) is 32.6 Å². The lowest BCUT2D eigenvalue weighted by Gasteiger charge is -2.31. The molecule has 156 valence electrons. The molecule has 1 aliphatic heterocycles. The molecule has 0 saturated carbocycles. The summed E-state index contributed by atoms with van der Waals surface area (Å²) < 4.78 is 28.2. The van der Waals surface area contributed by atoms with Crippen molar-refractivity contribution < 1.29 is 13.2 Å². The predicted octanol–water partition coefficient (Wildman–Crippen LogP) is 4.21. The molecule has 1 amide bonds. The number of halogens is 1. The molecule has 1 fully saturated rings. The number of anilines is 1. The van der Waals surface area contributed by atoms with Gasteiger partial charge in [0.15, 0.2) is 0 Å². The molecule has 0 bridgehead atoms. The van der Waals surface area contributed by atoms with Crippen LogP contribution < -0.4 is 5.32 Å². The number of nitrogens with zero attached hydrogens (tertiary/aromatic N) is 1. The Balaban J connectivity index is 1.56. The Hall–Kier alpha value is -1.45. The Labute approximate surface area is 187 Å². The topological polar surface area (TPSA) is 66.5 Å². The number of hydrogen-bond donors (Lipinski definition) is 1. The van der Waals surface area contributed by atoms with Crippen LogP contribution in [0.15, 0.2) is 48.5 Å². The van der Waals surface area contributed by atoms with E-state index in [4.69, 9.17) is 0 Å². The Morgan fingerprint density at radius 3 is 2.69 bits per heavy atom. The van der Waals surface area contributed by atoms with Gasteiger partial charge in [-0.25, -0.2) is 12.7 Å². The van der Waals surface area contributed by atoms with Crippen LogP contribution in [0.25, 0.3) is 0 Å². The fourth-order valence-corrected chi connectivity index (χ4v) is 5.87. The Morgan fingerprint density at radius 1 is 1.21 bits per heavy atom. The molecule has 1 N–H and O–H groups in total. The van der Waals surface area contributed by atoms with Crippen LogP contribution in [0.4, 0.5) is 5.69 Å². The minimum atomic E-state index is -3.35. The standard InChI is InChI=1S/C22H27IN2O3S/c1-17-15-20(23)11-12-21(17)24-22(26)19-10-5-13-25(16-19)29(27,28)14-6-9-18-7-3-2-4-8-18/h2-4,7-8,11-12,15,19H,5-6,9-10,13-14,16H2,1H3,(H,24,26). The van der Waals surface area contributed by atoms with Gasteiger partial charge in [0.2, 0.25) is 15.9 Å². The van der Waals surface area contributed by atoms with E-state index in [1.54, 1.807) is 0 Å². The summed E-state index contributed by atoms with van der Waals surface area (Å²) in [6.45, 7) is 2.73. The summed E-state index contributed by atoms with van der Waals surface area (Å²) in [4.78, 5) is 12.7. The largest absolute Gasteiger partial charge is 0.326 e. The highest BCUT2D eigenvalue weighted by atomic mass is 127. The molecule has 0 aliphatic carbocycles. The maximum Gasteiger partial charge on any atom is 0.228 e. The molecule has 0 aromatic heterocycles. The van der Waals surface area contributed by atoms with Gasteiger partial charge in [0.05, 0.1) is 11.7 Å². The average Bonchev–Trinajstić information content (AvgIpc) is 2.71. The summed E-state index contributed by atoms with van der Waals surface area (Å²) in [6.07, 6.45) is 2.75. The quantitative estimate of drug-likeness (QED) is 0.550. The second-order valence-corrected chi connectivity index (χ2v) is 10.9. The molecule has 3 rings (SSSR count). The number of carbonyl (C=O) groups is 1. The van der Waals surface area contributed by atoms with Gasteiger partial charge in [0.1, 0.15) is 0 Å². The highest BCUT2D eigenvalue weighted by molar-refractivity contribution is 14.1. The zero-order chi connectivity index (χ0) is 20.9. The monoisotopic (exact) mass is 526 g/mol. The maximum atomic E-state index is 12.8. The number of amides is 1. The third-order valence-electron chi connectivity index (χ3n) is 5.31. The summed E-state index contributed by atoms with van der Waals surface area (Å²) in [6, 6.07) is 15.8. The first kappa shape index (κ1) is 22.2. The molecular weight excluding hydrogens is 499 g/mol. The second-order valence-electron chi connectivity index (χ2n) is 7.55. The number of aryl methyl sites for hydroxylation is 2. The van der Waals surface area contributed by atoms with E-state index >= 15 is 0 Å². The van der Waals surface area contributed by atoms with E-state index in [0.29, 0.717) is 25.8 Å². The van der Waals surface area contributed by atoms with Crippen LogP contribution in [0.5, 0.6) is 0 Å². The van der Waals surface area contributed by atoms with E-state index < -0.39 is 10.0 Å². The van der Waals surface area contributed by atoms with Crippen molar-refractivity contribution in [3.8, 4) is 0 Å². The van der Waals surface area contributed by atoms with Crippen molar-refractivity contribution in [2.75, 3.05) is 24.2 Å². The number of carbonyl (C=O) groups excluding carboxylic acids is 1. The fourth-order valence-electron chi connectivity index (χ4n) is 3.64. The van der Waals surface area contributed by atoms with Crippen LogP contribution in [0, 0.1) is 16.4 Å². The second kappa shape index (κ2) is 10.0. The van der Waals surface area contributed by atoms with Crippen molar-refractivity contribution in [2.24, 2.45) is 5.92 Å². The van der Waals surface area contributed by atoms with Gasteiger partial charge in [-0.15, -0.1) is 0 Å². The summed E-state index contributed by atoms with van der Waals surface area (Å²) in [7, 11) is -3.35. The first-order valence-electron chi connectivity index (χ1n) is 9.94. The van der Waals surface area contributed by atoms with Crippen LogP contribution >= 0.6 is 22.6 Å². The average molecular weight is 526 g/mol. The van der Waals surface area contributed by atoms with Crippen molar-refractivity contribution in [3.05, 3.63) is 63.2 Å². The van der Waals surface area contributed by atoms with E-state index in [0.717, 1.165) is 26.8 Å². The maximum absolute atomic E-state index is 12.8. The third-order valence-corrected chi connectivity index (χ3v) is 7.90. The van der Waals surface area contributed by atoms with E-state index in [9.17, 15) is 13.2 Å². The van der Waals surface area contributed by atoms with E-state index in [1.165, 1.54) is 4.31 Å². The van der Waals surface area contributed by atoms with E-state index in [2.05, 4.69) is 27.9 Å². The van der Waals surface area contributed by atoms with Gasteiger partial charge in [-0.2, -0.15) is 0 Å². The van der Waals surface area contributed by atoms with Crippen molar-refractivity contribution in [1.82, 2.24) is 4.31 Å². The normalized spacial score (nSPS) is 17.8. The van der Waals surface area contributed by atoms with Gasteiger partial charge in [-0.3, -0.25) is 4.79 Å². The molecule has 29 heavy (non-hydrogen) atoms. The molecule has 2 aromatic carbocycles. The SMILES string of the molecule is Cc1cc(I)ccc1NC(=O)C1CCCN(S(=O)(=O)CCCc2ccccc2)C1. The number of piperidine rings is 1. The molecule has 5 nitrogen and oxygen atoms in total. The minimum Gasteiger partial charge on any atom is -0.326 e. The van der Waals surface area contributed by atoms with Crippen LogP contribution in [0.2, 0.25) is 0 Å². The number of nitrogens with one attached hydrogen (secondary N) is 1. The molecule has 1 saturated heterocycles. The minimum absolute atomic E-state index is 0.0986. The summed E-state index contributed by atoms with van der Waals surface area (Å²) in [5, 5.41) is 2.98. The van der Waals surface area contributed by atoms with Crippen molar-refractivity contribution in [3.63, 3.8) is 0 Å². The molecule has 1 aliphatic rings. The van der Waals surface area contributed by atoms with Crippen molar-refractivity contribution >= 4 is 44.2 Å². The Morgan fingerprint density at radius 2 is 1.97 bits per heavy atom. The highest BCUT2D eigenvalue weighted by Gasteiger charge is 2.32.